The molecular weight excluding hydrogens is 398 g/mol. The molecule has 140 valence electrons. The summed E-state index contributed by atoms with van der Waals surface area (Å²) in [4.78, 5) is 10.4. The third kappa shape index (κ3) is 5.11. The molecule has 26 heavy (non-hydrogen) atoms. The second kappa shape index (κ2) is 7.54. The van der Waals surface area contributed by atoms with E-state index in [1.807, 2.05) is 0 Å². The fraction of sp³-hybridized carbons (Fsp3) is 0.133. The van der Waals surface area contributed by atoms with Gasteiger partial charge in [0.25, 0.3) is 10.0 Å². The molecule has 0 fully saturated rings. The number of hydrogen-bond acceptors (Lipinski definition) is 4. The molecule has 0 aliphatic rings. The lowest BCUT2D eigenvalue weighted by Crippen LogP contribution is -2.15. The lowest BCUT2D eigenvalue weighted by molar-refractivity contribution is -0.105. The van der Waals surface area contributed by atoms with E-state index in [0.29, 0.717) is 23.9 Å². The van der Waals surface area contributed by atoms with Crippen molar-refractivity contribution >= 4 is 33.4 Å². The molecule has 0 bridgehead atoms. The van der Waals surface area contributed by atoms with Crippen LogP contribution >= 0.6 is 11.8 Å². The molecule has 2 rings (SSSR count). The summed E-state index contributed by atoms with van der Waals surface area (Å²) in [5.74, 6) is -3.98. The van der Waals surface area contributed by atoms with Crippen LogP contribution in [0.2, 0.25) is 0 Å². The molecule has 0 aromatic heterocycles. The fourth-order valence-electron chi connectivity index (χ4n) is 1.88. The molecule has 0 atom stereocenters. The zero-order valence-electron chi connectivity index (χ0n) is 12.7. The van der Waals surface area contributed by atoms with E-state index >= 15 is 0 Å². The van der Waals surface area contributed by atoms with Gasteiger partial charge in [-0.25, -0.2) is 17.6 Å². The SMILES string of the molecule is O=C(O)c1cc(S(=O)(=O)Nc2ccccc2SCC(F)(F)F)ccc1F. The highest BCUT2D eigenvalue weighted by molar-refractivity contribution is 7.99. The zero-order valence-corrected chi connectivity index (χ0v) is 14.4. The number of benzene rings is 2. The third-order valence-corrected chi connectivity index (χ3v) is 5.50. The Morgan fingerprint density at radius 1 is 1.15 bits per heavy atom. The first kappa shape index (κ1) is 20.0. The van der Waals surface area contributed by atoms with Gasteiger partial charge in [-0.1, -0.05) is 12.1 Å². The third-order valence-electron chi connectivity index (χ3n) is 3.00. The van der Waals surface area contributed by atoms with Crippen LogP contribution in [-0.2, 0) is 10.0 Å². The Balaban J connectivity index is 2.33. The molecule has 0 spiro atoms. The maximum Gasteiger partial charge on any atom is 0.398 e. The monoisotopic (exact) mass is 409 g/mol. The summed E-state index contributed by atoms with van der Waals surface area (Å²) in [5.41, 5.74) is -0.949. The Morgan fingerprint density at radius 2 is 1.81 bits per heavy atom. The van der Waals surface area contributed by atoms with E-state index in [-0.39, 0.29) is 10.6 Å². The number of para-hydroxylation sites is 1. The van der Waals surface area contributed by atoms with Gasteiger partial charge in [0.05, 0.1) is 21.9 Å². The van der Waals surface area contributed by atoms with Crippen molar-refractivity contribution in [2.24, 2.45) is 0 Å². The van der Waals surface area contributed by atoms with Gasteiger partial charge in [-0.15, -0.1) is 11.8 Å². The number of thioether (sulfide) groups is 1. The van der Waals surface area contributed by atoms with Gasteiger partial charge in [0.15, 0.2) is 0 Å². The lowest BCUT2D eigenvalue weighted by atomic mass is 10.2. The van der Waals surface area contributed by atoms with Crippen molar-refractivity contribution in [3.63, 3.8) is 0 Å². The Bertz CT molecular complexity index is 929. The van der Waals surface area contributed by atoms with Gasteiger partial charge in [0.1, 0.15) is 5.82 Å². The van der Waals surface area contributed by atoms with Gasteiger partial charge < -0.3 is 5.11 Å². The number of hydrogen-bond donors (Lipinski definition) is 2. The van der Waals surface area contributed by atoms with Crippen molar-refractivity contribution in [3.05, 3.63) is 53.8 Å². The Hall–Kier alpha value is -2.27. The van der Waals surface area contributed by atoms with Crippen molar-refractivity contribution in [1.82, 2.24) is 0 Å². The molecular formula is C15H11F4NO4S2. The van der Waals surface area contributed by atoms with Gasteiger partial charge >= 0.3 is 12.1 Å². The van der Waals surface area contributed by atoms with Crippen LogP contribution in [0, 0.1) is 5.82 Å². The maximum absolute atomic E-state index is 13.4. The minimum Gasteiger partial charge on any atom is -0.478 e. The zero-order chi connectivity index (χ0) is 19.5. The molecule has 0 radical (unpaired) electrons. The van der Waals surface area contributed by atoms with Crippen LogP contribution in [-0.4, -0.2) is 31.4 Å². The number of halogens is 4. The fourth-order valence-corrected chi connectivity index (χ4v) is 3.81. The molecule has 0 saturated heterocycles. The number of rotatable bonds is 6. The molecule has 0 saturated carbocycles. The Kier molecular flexibility index (Phi) is 5.81. The molecule has 0 unspecified atom stereocenters. The molecule has 0 heterocycles. The first-order valence-electron chi connectivity index (χ1n) is 6.84. The molecule has 0 aliphatic carbocycles. The lowest BCUT2D eigenvalue weighted by Gasteiger charge is -2.13. The van der Waals surface area contributed by atoms with E-state index in [1.165, 1.54) is 24.3 Å². The highest BCUT2D eigenvalue weighted by Crippen LogP contribution is 2.33. The number of alkyl halides is 3. The summed E-state index contributed by atoms with van der Waals surface area (Å²) in [6.07, 6.45) is -4.44. The highest BCUT2D eigenvalue weighted by Gasteiger charge is 2.28. The first-order valence-corrected chi connectivity index (χ1v) is 9.31. The van der Waals surface area contributed by atoms with Crippen molar-refractivity contribution in [2.45, 2.75) is 16.0 Å². The Morgan fingerprint density at radius 3 is 2.42 bits per heavy atom. The number of carbonyl (C=O) groups is 1. The summed E-state index contributed by atoms with van der Waals surface area (Å²) in [6.45, 7) is 0. The number of carboxylic acid groups (broad SMARTS) is 1. The van der Waals surface area contributed by atoms with Gasteiger partial charge in [0.2, 0.25) is 0 Å². The largest absolute Gasteiger partial charge is 0.478 e. The molecule has 0 amide bonds. The summed E-state index contributed by atoms with van der Waals surface area (Å²) in [5, 5.41) is 8.87. The smallest absolute Gasteiger partial charge is 0.398 e. The number of aromatic carboxylic acids is 1. The molecule has 2 N–H and O–H groups in total. The molecule has 2 aromatic carbocycles. The summed E-state index contributed by atoms with van der Waals surface area (Å²) < 4.78 is 77.4. The normalized spacial score (nSPS) is 12.0. The van der Waals surface area contributed by atoms with Gasteiger partial charge in [0, 0.05) is 4.90 Å². The van der Waals surface area contributed by atoms with E-state index in [2.05, 4.69) is 4.72 Å². The van der Waals surface area contributed by atoms with E-state index in [0.717, 1.165) is 6.07 Å². The predicted octanol–water partition coefficient (Wildman–Crippen LogP) is 3.98. The summed E-state index contributed by atoms with van der Waals surface area (Å²) >= 11 is 0.394. The number of carboxylic acids is 1. The van der Waals surface area contributed by atoms with Crippen molar-refractivity contribution in [3.8, 4) is 0 Å². The first-order chi connectivity index (χ1) is 12.0. The van der Waals surface area contributed by atoms with Crippen molar-refractivity contribution in [2.75, 3.05) is 10.5 Å². The van der Waals surface area contributed by atoms with Crippen LogP contribution < -0.4 is 4.72 Å². The molecule has 0 aliphatic heterocycles. The van der Waals surface area contributed by atoms with E-state index in [9.17, 15) is 30.8 Å². The minimum absolute atomic E-state index is 0.0361. The minimum atomic E-state index is -4.44. The standard InChI is InChI=1S/C15H11F4NO4S2/c16-11-6-5-9(7-10(11)14(21)22)26(23,24)20-12-3-1-2-4-13(12)25-8-15(17,18)19/h1-7,20H,8H2,(H,21,22). The van der Waals surface area contributed by atoms with Gasteiger partial charge in [-0.2, -0.15) is 13.2 Å². The van der Waals surface area contributed by atoms with Crippen LogP contribution in [0.15, 0.2) is 52.3 Å². The number of sulfonamides is 1. The Labute approximate surface area is 150 Å². The highest BCUT2D eigenvalue weighted by atomic mass is 32.2. The average Bonchev–Trinajstić information content (AvgIpc) is 2.53. The second-order valence-electron chi connectivity index (χ2n) is 4.95. The topological polar surface area (TPSA) is 83.5 Å². The van der Waals surface area contributed by atoms with Crippen LogP contribution in [0.5, 0.6) is 0 Å². The molecule has 11 heteroatoms. The molecule has 2 aromatic rings. The van der Waals surface area contributed by atoms with Crippen LogP contribution in [0.4, 0.5) is 23.2 Å². The number of anilines is 1. The summed E-state index contributed by atoms with van der Waals surface area (Å²) in [7, 11) is -4.34. The molecule has 5 nitrogen and oxygen atoms in total. The van der Waals surface area contributed by atoms with Crippen LogP contribution in [0.1, 0.15) is 10.4 Å². The van der Waals surface area contributed by atoms with E-state index < -0.39 is 44.2 Å². The average molecular weight is 409 g/mol. The van der Waals surface area contributed by atoms with Crippen molar-refractivity contribution in [1.29, 1.82) is 0 Å². The number of nitrogens with one attached hydrogen (secondary N) is 1. The van der Waals surface area contributed by atoms with Gasteiger partial charge in [-0.05, 0) is 30.3 Å². The van der Waals surface area contributed by atoms with Crippen LogP contribution in [0.25, 0.3) is 0 Å². The quantitative estimate of drug-likeness (QED) is 0.557. The van der Waals surface area contributed by atoms with Crippen LogP contribution in [0.3, 0.4) is 0 Å². The maximum atomic E-state index is 13.4. The van der Waals surface area contributed by atoms with Gasteiger partial charge in [-0.3, -0.25) is 4.72 Å². The predicted molar refractivity (Wildman–Crippen MR) is 87.4 cm³/mol. The van der Waals surface area contributed by atoms with Crippen molar-refractivity contribution < 1.29 is 35.9 Å². The second-order valence-corrected chi connectivity index (χ2v) is 7.65. The van der Waals surface area contributed by atoms with E-state index in [4.69, 9.17) is 5.11 Å². The van der Waals surface area contributed by atoms with E-state index in [1.54, 1.807) is 0 Å². The summed E-state index contributed by atoms with van der Waals surface area (Å²) in [6, 6.07) is 7.60.